The smallest absolute Gasteiger partial charge is 0.322 e. The van der Waals surface area contributed by atoms with E-state index in [0.717, 1.165) is 42.5 Å². The SMILES string of the molecule is Cc1sc(NC(=O)CN(C(=O)Nc2ccccc2)C2CCCCC2)c(C(N)=O)c1C. The zero-order chi connectivity index (χ0) is 21.7. The van der Waals surface area contributed by atoms with Crippen LogP contribution in [0, 0.1) is 13.8 Å². The number of nitrogens with two attached hydrogens (primary N) is 1. The molecule has 2 aromatic rings. The van der Waals surface area contributed by atoms with Gasteiger partial charge in [-0.25, -0.2) is 4.79 Å². The molecule has 160 valence electrons. The Hall–Kier alpha value is -2.87. The van der Waals surface area contributed by atoms with Crippen molar-refractivity contribution in [2.24, 2.45) is 5.73 Å². The summed E-state index contributed by atoms with van der Waals surface area (Å²) in [6.07, 6.45) is 4.97. The van der Waals surface area contributed by atoms with Gasteiger partial charge in [-0.2, -0.15) is 0 Å². The number of rotatable bonds is 6. The molecule has 0 aliphatic heterocycles. The van der Waals surface area contributed by atoms with Crippen LogP contribution >= 0.6 is 11.3 Å². The first-order valence-corrected chi connectivity index (χ1v) is 11.0. The summed E-state index contributed by atoms with van der Waals surface area (Å²) < 4.78 is 0. The second-order valence-electron chi connectivity index (χ2n) is 7.62. The van der Waals surface area contributed by atoms with Gasteiger partial charge in [0.05, 0.1) is 5.56 Å². The molecule has 1 saturated carbocycles. The zero-order valence-electron chi connectivity index (χ0n) is 17.4. The maximum Gasteiger partial charge on any atom is 0.322 e. The van der Waals surface area contributed by atoms with Crippen LogP contribution in [0.4, 0.5) is 15.5 Å². The molecule has 1 aromatic carbocycles. The van der Waals surface area contributed by atoms with Crippen molar-refractivity contribution in [3.63, 3.8) is 0 Å². The summed E-state index contributed by atoms with van der Waals surface area (Å²) >= 11 is 1.32. The van der Waals surface area contributed by atoms with Crippen LogP contribution < -0.4 is 16.4 Å². The molecule has 1 aromatic heterocycles. The average Bonchev–Trinajstić information content (AvgIpc) is 3.00. The van der Waals surface area contributed by atoms with Gasteiger partial charge in [0.15, 0.2) is 0 Å². The lowest BCUT2D eigenvalue weighted by Gasteiger charge is -2.34. The number of amides is 4. The van der Waals surface area contributed by atoms with Crippen LogP contribution in [0.25, 0.3) is 0 Å². The molecular formula is C22H28N4O3S. The molecule has 1 fully saturated rings. The summed E-state index contributed by atoms with van der Waals surface area (Å²) in [5, 5.41) is 6.13. The summed E-state index contributed by atoms with van der Waals surface area (Å²) in [6, 6.07) is 8.91. The second kappa shape index (κ2) is 9.75. The van der Waals surface area contributed by atoms with Gasteiger partial charge in [0, 0.05) is 16.6 Å². The Balaban J connectivity index is 1.75. The lowest BCUT2D eigenvalue weighted by Crippen LogP contribution is -2.47. The van der Waals surface area contributed by atoms with Gasteiger partial charge in [0.2, 0.25) is 5.91 Å². The van der Waals surface area contributed by atoms with E-state index in [2.05, 4.69) is 10.6 Å². The fraction of sp³-hybridized carbons (Fsp3) is 0.409. The minimum Gasteiger partial charge on any atom is -0.365 e. The van der Waals surface area contributed by atoms with E-state index in [1.165, 1.54) is 11.3 Å². The number of para-hydroxylation sites is 1. The van der Waals surface area contributed by atoms with Crippen molar-refractivity contribution in [1.82, 2.24) is 4.90 Å². The zero-order valence-corrected chi connectivity index (χ0v) is 18.2. The van der Waals surface area contributed by atoms with Crippen molar-refractivity contribution >= 4 is 39.9 Å². The summed E-state index contributed by atoms with van der Waals surface area (Å²) in [5.41, 5.74) is 7.29. The van der Waals surface area contributed by atoms with Crippen LogP contribution in [-0.4, -0.2) is 35.3 Å². The topological polar surface area (TPSA) is 105 Å². The number of primary amides is 1. The molecule has 0 bridgehead atoms. The third-order valence-corrected chi connectivity index (χ3v) is 6.62. The van der Waals surface area contributed by atoms with E-state index in [4.69, 9.17) is 5.73 Å². The number of nitrogens with zero attached hydrogens (tertiary/aromatic N) is 1. The lowest BCUT2D eigenvalue weighted by molar-refractivity contribution is -0.117. The monoisotopic (exact) mass is 428 g/mol. The number of carbonyl (C=O) groups is 3. The molecule has 0 spiro atoms. The Morgan fingerprint density at radius 2 is 1.73 bits per heavy atom. The maximum atomic E-state index is 13.0. The number of nitrogens with one attached hydrogen (secondary N) is 2. The average molecular weight is 429 g/mol. The van der Waals surface area contributed by atoms with E-state index in [9.17, 15) is 14.4 Å². The van der Waals surface area contributed by atoms with E-state index in [-0.39, 0.29) is 24.5 Å². The third kappa shape index (κ3) is 5.18. The van der Waals surface area contributed by atoms with Crippen molar-refractivity contribution in [2.45, 2.75) is 52.0 Å². The highest BCUT2D eigenvalue weighted by molar-refractivity contribution is 7.16. The molecule has 1 aliphatic rings. The van der Waals surface area contributed by atoms with Gasteiger partial charge in [-0.1, -0.05) is 37.5 Å². The first-order valence-electron chi connectivity index (χ1n) is 10.2. The molecule has 4 N–H and O–H groups in total. The van der Waals surface area contributed by atoms with Crippen LogP contribution in [0.15, 0.2) is 30.3 Å². The second-order valence-corrected chi connectivity index (χ2v) is 8.84. The van der Waals surface area contributed by atoms with E-state index in [0.29, 0.717) is 16.3 Å². The number of hydrogen-bond donors (Lipinski definition) is 3. The van der Waals surface area contributed by atoms with Gasteiger partial charge in [-0.05, 0) is 44.4 Å². The number of carbonyl (C=O) groups excluding carboxylic acids is 3. The van der Waals surface area contributed by atoms with Crippen molar-refractivity contribution in [2.75, 3.05) is 17.2 Å². The number of aryl methyl sites for hydroxylation is 1. The first kappa shape index (κ1) is 21.8. The van der Waals surface area contributed by atoms with Gasteiger partial charge in [0.1, 0.15) is 11.5 Å². The van der Waals surface area contributed by atoms with E-state index in [1.807, 2.05) is 44.2 Å². The lowest BCUT2D eigenvalue weighted by atomic mass is 9.94. The Bertz CT molecular complexity index is 920. The van der Waals surface area contributed by atoms with Crippen LogP contribution in [0.5, 0.6) is 0 Å². The highest BCUT2D eigenvalue weighted by Gasteiger charge is 2.28. The number of anilines is 2. The van der Waals surface area contributed by atoms with Gasteiger partial charge in [-0.3, -0.25) is 9.59 Å². The highest BCUT2D eigenvalue weighted by atomic mass is 32.1. The summed E-state index contributed by atoms with van der Waals surface area (Å²) in [6.45, 7) is 3.60. The molecule has 8 heteroatoms. The molecule has 3 rings (SSSR count). The fourth-order valence-electron chi connectivity index (χ4n) is 3.81. The standard InChI is InChI=1S/C22H28N4O3S/c1-14-15(2)30-21(19(14)20(23)28)25-18(27)13-26(17-11-7-4-8-12-17)22(29)24-16-9-5-3-6-10-16/h3,5-6,9-10,17H,4,7-8,11-13H2,1-2H3,(H2,23,28)(H,24,29)(H,25,27). The van der Waals surface area contributed by atoms with E-state index in [1.54, 1.807) is 4.90 Å². The minimum absolute atomic E-state index is 0.00984. The van der Waals surface area contributed by atoms with Gasteiger partial charge >= 0.3 is 6.03 Å². The molecule has 0 unspecified atom stereocenters. The molecule has 4 amide bonds. The van der Waals surface area contributed by atoms with Crippen LogP contribution in [0.3, 0.4) is 0 Å². The van der Waals surface area contributed by atoms with Crippen molar-refractivity contribution in [1.29, 1.82) is 0 Å². The number of benzene rings is 1. The number of thiophene rings is 1. The molecule has 0 radical (unpaired) electrons. The van der Waals surface area contributed by atoms with E-state index >= 15 is 0 Å². The Labute approximate surface area is 180 Å². The first-order chi connectivity index (χ1) is 14.4. The normalized spacial score (nSPS) is 14.2. The highest BCUT2D eigenvalue weighted by Crippen LogP contribution is 2.32. The van der Waals surface area contributed by atoms with Crippen LogP contribution in [0.1, 0.15) is 52.9 Å². The Morgan fingerprint density at radius 3 is 2.37 bits per heavy atom. The summed E-state index contributed by atoms with van der Waals surface area (Å²) in [4.78, 5) is 40.2. The van der Waals surface area contributed by atoms with Crippen LogP contribution in [-0.2, 0) is 4.79 Å². The van der Waals surface area contributed by atoms with Gasteiger partial charge in [-0.15, -0.1) is 11.3 Å². The molecule has 0 saturated heterocycles. The third-order valence-electron chi connectivity index (χ3n) is 5.50. The Morgan fingerprint density at radius 1 is 1.07 bits per heavy atom. The van der Waals surface area contributed by atoms with E-state index < -0.39 is 5.91 Å². The maximum absolute atomic E-state index is 13.0. The van der Waals surface area contributed by atoms with Crippen molar-refractivity contribution in [3.8, 4) is 0 Å². The predicted molar refractivity (Wildman–Crippen MR) is 120 cm³/mol. The molecule has 30 heavy (non-hydrogen) atoms. The van der Waals surface area contributed by atoms with Crippen molar-refractivity contribution < 1.29 is 14.4 Å². The molecular weight excluding hydrogens is 400 g/mol. The van der Waals surface area contributed by atoms with Crippen molar-refractivity contribution in [3.05, 3.63) is 46.3 Å². The number of hydrogen-bond acceptors (Lipinski definition) is 4. The Kier molecular flexibility index (Phi) is 7.10. The summed E-state index contributed by atoms with van der Waals surface area (Å²) in [7, 11) is 0. The largest absolute Gasteiger partial charge is 0.365 e. The van der Waals surface area contributed by atoms with Crippen LogP contribution in [0.2, 0.25) is 0 Å². The molecule has 1 heterocycles. The van der Waals surface area contributed by atoms with Gasteiger partial charge in [0.25, 0.3) is 5.91 Å². The fourth-order valence-corrected chi connectivity index (χ4v) is 4.89. The summed E-state index contributed by atoms with van der Waals surface area (Å²) in [5.74, 6) is -0.911. The molecule has 0 atom stereocenters. The number of urea groups is 1. The predicted octanol–water partition coefficient (Wildman–Crippen LogP) is 4.27. The molecule has 7 nitrogen and oxygen atoms in total. The quantitative estimate of drug-likeness (QED) is 0.640. The van der Waals surface area contributed by atoms with Gasteiger partial charge < -0.3 is 21.3 Å². The minimum atomic E-state index is -0.571. The molecule has 1 aliphatic carbocycles.